The Morgan fingerprint density at radius 1 is 1.07 bits per heavy atom. The van der Waals surface area contributed by atoms with Crippen molar-refractivity contribution in [3.05, 3.63) is 71.3 Å². The summed E-state index contributed by atoms with van der Waals surface area (Å²) < 4.78 is 5.60. The van der Waals surface area contributed by atoms with Crippen molar-refractivity contribution in [2.75, 3.05) is 0 Å². The molecule has 2 aromatic rings. The van der Waals surface area contributed by atoms with Crippen LogP contribution in [0.4, 0.5) is 0 Å². The molecule has 5 nitrogen and oxygen atoms in total. The van der Waals surface area contributed by atoms with Crippen LogP contribution in [0.3, 0.4) is 0 Å². The Kier molecular flexibility index (Phi) is 6.48. The third kappa shape index (κ3) is 6.27. The van der Waals surface area contributed by atoms with Crippen molar-refractivity contribution < 1.29 is 14.3 Å². The maximum absolute atomic E-state index is 12.0. The number of nitrogens with one attached hydrogen (secondary N) is 2. The van der Waals surface area contributed by atoms with Gasteiger partial charge in [-0.15, -0.1) is 0 Å². The molecule has 3 rings (SSSR count). The minimum Gasteiger partial charge on any atom is -0.491 e. The minimum absolute atomic E-state index is 0.0411. The van der Waals surface area contributed by atoms with Gasteiger partial charge in [-0.1, -0.05) is 24.3 Å². The van der Waals surface area contributed by atoms with E-state index in [4.69, 9.17) is 4.74 Å². The van der Waals surface area contributed by atoms with Crippen molar-refractivity contribution >= 4 is 17.9 Å². The number of carbonyl (C=O) groups excluding carboxylic acids is 2. The quantitative estimate of drug-likeness (QED) is 0.689. The number of hydrogen-bond acceptors (Lipinski definition) is 3. The molecule has 146 valence electrons. The van der Waals surface area contributed by atoms with Crippen LogP contribution >= 0.6 is 0 Å². The Morgan fingerprint density at radius 2 is 1.75 bits per heavy atom. The molecule has 0 spiro atoms. The maximum atomic E-state index is 12.0. The lowest BCUT2D eigenvalue weighted by atomic mass is 10.1. The fourth-order valence-corrected chi connectivity index (χ4v) is 2.62. The molecule has 28 heavy (non-hydrogen) atoms. The predicted molar refractivity (Wildman–Crippen MR) is 110 cm³/mol. The van der Waals surface area contributed by atoms with Crippen molar-refractivity contribution in [1.82, 2.24) is 10.6 Å². The molecule has 1 saturated carbocycles. The first-order valence-electron chi connectivity index (χ1n) is 9.62. The van der Waals surface area contributed by atoms with Gasteiger partial charge in [-0.05, 0) is 68.2 Å². The van der Waals surface area contributed by atoms with E-state index in [2.05, 4.69) is 10.6 Å². The van der Waals surface area contributed by atoms with Gasteiger partial charge in [-0.25, -0.2) is 0 Å². The van der Waals surface area contributed by atoms with Gasteiger partial charge >= 0.3 is 0 Å². The molecule has 0 heterocycles. The zero-order chi connectivity index (χ0) is 19.9. The van der Waals surface area contributed by atoms with E-state index in [1.54, 1.807) is 18.2 Å². The number of amides is 2. The highest BCUT2D eigenvalue weighted by Crippen LogP contribution is 2.19. The molecule has 0 aromatic heterocycles. The van der Waals surface area contributed by atoms with E-state index < -0.39 is 0 Å². The topological polar surface area (TPSA) is 67.4 Å². The number of ether oxygens (including phenoxy) is 1. The van der Waals surface area contributed by atoms with E-state index in [-0.39, 0.29) is 17.9 Å². The summed E-state index contributed by atoms with van der Waals surface area (Å²) in [5.74, 6) is 0.609. The Balaban J connectivity index is 1.46. The molecule has 2 amide bonds. The monoisotopic (exact) mass is 378 g/mol. The van der Waals surface area contributed by atoms with Gasteiger partial charge in [0.1, 0.15) is 5.75 Å². The molecular formula is C23H26N2O3. The Labute approximate surface area is 165 Å². The van der Waals surface area contributed by atoms with Gasteiger partial charge in [0, 0.05) is 24.2 Å². The van der Waals surface area contributed by atoms with E-state index >= 15 is 0 Å². The van der Waals surface area contributed by atoms with Gasteiger partial charge in [0.25, 0.3) is 5.91 Å². The van der Waals surface area contributed by atoms with E-state index in [0.29, 0.717) is 18.2 Å². The summed E-state index contributed by atoms with van der Waals surface area (Å²) in [6.45, 7) is 4.42. The Bertz CT molecular complexity index is 835. The average Bonchev–Trinajstić information content (AvgIpc) is 3.49. The van der Waals surface area contributed by atoms with Crippen molar-refractivity contribution in [1.29, 1.82) is 0 Å². The SMILES string of the molecule is CC(C)Oc1ccc(CNC(=O)/C=C/c2ccc(C(=O)NC3CC3)cc2)cc1. The van der Waals surface area contributed by atoms with Crippen LogP contribution in [0, 0.1) is 0 Å². The summed E-state index contributed by atoms with van der Waals surface area (Å²) in [6.07, 6.45) is 5.50. The van der Waals surface area contributed by atoms with Crippen LogP contribution in [0.15, 0.2) is 54.6 Å². The van der Waals surface area contributed by atoms with Crippen LogP contribution in [-0.4, -0.2) is 24.0 Å². The third-order valence-electron chi connectivity index (χ3n) is 4.27. The van der Waals surface area contributed by atoms with Gasteiger partial charge in [-0.2, -0.15) is 0 Å². The molecule has 1 aliphatic rings. The molecule has 2 aromatic carbocycles. The fraction of sp³-hybridized carbons (Fsp3) is 0.304. The molecule has 1 fully saturated rings. The molecule has 2 N–H and O–H groups in total. The molecule has 0 unspecified atom stereocenters. The number of benzene rings is 2. The smallest absolute Gasteiger partial charge is 0.251 e. The zero-order valence-corrected chi connectivity index (χ0v) is 16.3. The first-order chi connectivity index (χ1) is 13.5. The maximum Gasteiger partial charge on any atom is 0.251 e. The Morgan fingerprint density at radius 3 is 2.36 bits per heavy atom. The first kappa shape index (κ1) is 19.7. The highest BCUT2D eigenvalue weighted by molar-refractivity contribution is 5.95. The van der Waals surface area contributed by atoms with Crippen molar-refractivity contribution in [3.8, 4) is 5.75 Å². The van der Waals surface area contributed by atoms with Gasteiger partial charge in [0.15, 0.2) is 0 Å². The molecule has 0 atom stereocenters. The van der Waals surface area contributed by atoms with Gasteiger partial charge in [0.2, 0.25) is 5.91 Å². The molecule has 0 bridgehead atoms. The van der Waals surface area contributed by atoms with E-state index in [1.165, 1.54) is 6.08 Å². The standard InChI is InChI=1S/C23H26N2O3/c1-16(2)28-21-12-5-18(6-13-21)15-24-22(26)14-7-17-3-8-19(9-4-17)23(27)25-20-10-11-20/h3-9,12-14,16,20H,10-11,15H2,1-2H3,(H,24,26)(H,25,27)/b14-7+. The second kappa shape index (κ2) is 9.22. The lowest BCUT2D eigenvalue weighted by molar-refractivity contribution is -0.116. The summed E-state index contributed by atoms with van der Waals surface area (Å²) >= 11 is 0. The van der Waals surface area contributed by atoms with E-state index in [9.17, 15) is 9.59 Å². The number of hydrogen-bond donors (Lipinski definition) is 2. The van der Waals surface area contributed by atoms with Gasteiger partial charge in [-0.3, -0.25) is 9.59 Å². The minimum atomic E-state index is -0.168. The van der Waals surface area contributed by atoms with Crippen molar-refractivity contribution in [2.24, 2.45) is 0 Å². The van der Waals surface area contributed by atoms with Gasteiger partial charge in [0.05, 0.1) is 6.10 Å². The van der Waals surface area contributed by atoms with Crippen molar-refractivity contribution in [2.45, 2.75) is 45.4 Å². The molecule has 1 aliphatic carbocycles. The second-order valence-corrected chi connectivity index (χ2v) is 7.23. The summed E-state index contributed by atoms with van der Waals surface area (Å²) in [7, 11) is 0. The van der Waals surface area contributed by atoms with E-state index in [0.717, 1.165) is 29.7 Å². The molecular weight excluding hydrogens is 352 g/mol. The van der Waals surface area contributed by atoms with Crippen LogP contribution in [-0.2, 0) is 11.3 Å². The second-order valence-electron chi connectivity index (χ2n) is 7.23. The van der Waals surface area contributed by atoms with Crippen LogP contribution in [0.1, 0.15) is 48.2 Å². The summed E-state index contributed by atoms with van der Waals surface area (Å²) in [5.41, 5.74) is 2.51. The van der Waals surface area contributed by atoms with Gasteiger partial charge < -0.3 is 15.4 Å². The zero-order valence-electron chi connectivity index (χ0n) is 16.3. The Hall–Kier alpha value is -3.08. The molecule has 0 radical (unpaired) electrons. The summed E-state index contributed by atoms with van der Waals surface area (Å²) in [4.78, 5) is 24.0. The highest BCUT2D eigenvalue weighted by atomic mass is 16.5. The van der Waals surface area contributed by atoms with Crippen LogP contribution < -0.4 is 15.4 Å². The van der Waals surface area contributed by atoms with Crippen LogP contribution in [0.5, 0.6) is 5.75 Å². The van der Waals surface area contributed by atoms with Crippen LogP contribution in [0.25, 0.3) is 6.08 Å². The summed E-state index contributed by atoms with van der Waals surface area (Å²) in [5, 5.41) is 5.81. The summed E-state index contributed by atoms with van der Waals surface area (Å²) in [6, 6.07) is 15.2. The molecule has 0 aliphatic heterocycles. The number of rotatable bonds is 8. The number of carbonyl (C=O) groups is 2. The van der Waals surface area contributed by atoms with Crippen LogP contribution in [0.2, 0.25) is 0 Å². The molecule has 5 heteroatoms. The van der Waals surface area contributed by atoms with E-state index in [1.807, 2.05) is 50.2 Å². The largest absolute Gasteiger partial charge is 0.491 e. The lowest BCUT2D eigenvalue weighted by Crippen LogP contribution is -2.25. The predicted octanol–water partition coefficient (Wildman–Crippen LogP) is 3.70. The highest BCUT2D eigenvalue weighted by Gasteiger charge is 2.23. The fourth-order valence-electron chi connectivity index (χ4n) is 2.62. The first-order valence-corrected chi connectivity index (χ1v) is 9.62. The normalized spacial score (nSPS) is 13.5. The average molecular weight is 378 g/mol. The van der Waals surface area contributed by atoms with Crippen molar-refractivity contribution in [3.63, 3.8) is 0 Å². The third-order valence-corrected chi connectivity index (χ3v) is 4.27. The lowest BCUT2D eigenvalue weighted by Gasteiger charge is -2.10. The molecule has 0 saturated heterocycles.